The minimum atomic E-state index is -0.867. The molecule has 5 nitrogen and oxygen atoms in total. The molecule has 15 heavy (non-hydrogen) atoms. The normalized spacial score (nSPS) is 18.6. The summed E-state index contributed by atoms with van der Waals surface area (Å²) in [6.07, 6.45) is 0. The third-order valence-electron chi connectivity index (χ3n) is 2.27. The van der Waals surface area contributed by atoms with E-state index < -0.39 is 11.2 Å². The topological polar surface area (TPSA) is 69.6 Å². The second-order valence-corrected chi connectivity index (χ2v) is 4.75. The third-order valence-corrected chi connectivity index (χ3v) is 3.39. The summed E-state index contributed by atoms with van der Waals surface area (Å²) in [5.41, 5.74) is 0. The highest BCUT2D eigenvalue weighted by Crippen LogP contribution is 2.11. The first kappa shape index (κ1) is 12.3. The Kier molecular flexibility index (Phi) is 4.90. The number of amides is 1. The first-order valence-electron chi connectivity index (χ1n) is 4.94. The molecule has 0 aromatic carbocycles. The number of carboxylic acids is 1. The summed E-state index contributed by atoms with van der Waals surface area (Å²) in [4.78, 5) is 23.9. The van der Waals surface area contributed by atoms with Crippen LogP contribution in [0, 0.1) is 0 Å². The maximum Gasteiger partial charge on any atom is 0.316 e. The Morgan fingerprint density at radius 3 is 2.60 bits per heavy atom. The van der Waals surface area contributed by atoms with E-state index in [1.165, 1.54) is 11.8 Å². The molecular weight excluding hydrogens is 216 g/mol. The highest BCUT2D eigenvalue weighted by atomic mass is 32.2. The second kappa shape index (κ2) is 5.97. The number of hydrogen-bond donors (Lipinski definition) is 2. The van der Waals surface area contributed by atoms with Gasteiger partial charge in [0.15, 0.2) is 0 Å². The van der Waals surface area contributed by atoms with E-state index in [0.717, 1.165) is 26.2 Å². The van der Waals surface area contributed by atoms with Crippen LogP contribution < -0.4 is 5.32 Å². The molecule has 1 saturated heterocycles. The molecule has 0 radical (unpaired) electrons. The van der Waals surface area contributed by atoms with Crippen molar-refractivity contribution < 1.29 is 14.7 Å². The van der Waals surface area contributed by atoms with Crippen molar-refractivity contribution in [3.8, 4) is 0 Å². The number of carbonyl (C=O) groups excluding carboxylic acids is 1. The number of thioether (sulfide) groups is 1. The Hall–Kier alpha value is -0.750. The van der Waals surface area contributed by atoms with Crippen LogP contribution in [0.15, 0.2) is 0 Å². The summed E-state index contributed by atoms with van der Waals surface area (Å²) in [5.74, 6) is -0.573. The monoisotopic (exact) mass is 232 g/mol. The molecule has 1 atom stereocenters. The number of carbonyl (C=O) groups is 2. The van der Waals surface area contributed by atoms with Crippen LogP contribution in [-0.4, -0.2) is 59.1 Å². The Balaban J connectivity index is 2.25. The quantitative estimate of drug-likeness (QED) is 0.692. The molecule has 1 heterocycles. The lowest BCUT2D eigenvalue weighted by molar-refractivity contribution is -0.136. The van der Waals surface area contributed by atoms with E-state index in [0.29, 0.717) is 0 Å². The standard InChI is InChI=1S/C9H16N2O3S/c1-7(9(13)14)15-6-8(12)11-4-2-10-3-5-11/h7,10H,2-6H2,1H3,(H,13,14). The average Bonchev–Trinajstić information content (AvgIpc) is 2.26. The van der Waals surface area contributed by atoms with E-state index in [1.54, 1.807) is 11.8 Å². The summed E-state index contributed by atoms with van der Waals surface area (Å²) >= 11 is 1.18. The first-order valence-corrected chi connectivity index (χ1v) is 5.99. The molecule has 1 unspecified atom stereocenters. The second-order valence-electron chi connectivity index (χ2n) is 3.42. The summed E-state index contributed by atoms with van der Waals surface area (Å²) in [5, 5.41) is 11.3. The molecule has 6 heteroatoms. The fourth-order valence-electron chi connectivity index (χ4n) is 1.27. The zero-order chi connectivity index (χ0) is 11.3. The molecule has 0 bridgehead atoms. The molecule has 0 aromatic heterocycles. The molecule has 86 valence electrons. The van der Waals surface area contributed by atoms with Gasteiger partial charge >= 0.3 is 5.97 Å². The van der Waals surface area contributed by atoms with Crippen molar-refractivity contribution in [3.63, 3.8) is 0 Å². The van der Waals surface area contributed by atoms with Crippen molar-refractivity contribution in [1.29, 1.82) is 0 Å². The lowest BCUT2D eigenvalue weighted by Crippen LogP contribution is -2.47. The molecule has 0 saturated carbocycles. The SMILES string of the molecule is CC(SCC(=O)N1CCNCC1)C(=O)O. The van der Waals surface area contributed by atoms with Crippen molar-refractivity contribution in [3.05, 3.63) is 0 Å². The number of carboxylic acid groups (broad SMARTS) is 1. The summed E-state index contributed by atoms with van der Waals surface area (Å²) in [6, 6.07) is 0. The van der Waals surface area contributed by atoms with Gasteiger partial charge in [-0.2, -0.15) is 0 Å². The highest BCUT2D eigenvalue weighted by Gasteiger charge is 2.19. The van der Waals surface area contributed by atoms with Crippen molar-refractivity contribution >= 4 is 23.6 Å². The van der Waals surface area contributed by atoms with E-state index >= 15 is 0 Å². The molecule has 1 rings (SSSR count). The van der Waals surface area contributed by atoms with Gasteiger partial charge in [-0.05, 0) is 6.92 Å². The highest BCUT2D eigenvalue weighted by molar-refractivity contribution is 8.01. The first-order chi connectivity index (χ1) is 7.11. The lowest BCUT2D eigenvalue weighted by atomic mass is 10.3. The van der Waals surface area contributed by atoms with E-state index in [4.69, 9.17) is 5.11 Å². The smallest absolute Gasteiger partial charge is 0.316 e. The molecule has 0 aromatic rings. The molecular formula is C9H16N2O3S. The zero-order valence-electron chi connectivity index (χ0n) is 8.73. The third kappa shape index (κ3) is 4.09. The molecule has 1 amide bonds. The average molecular weight is 232 g/mol. The zero-order valence-corrected chi connectivity index (χ0v) is 9.55. The summed E-state index contributed by atoms with van der Waals surface area (Å²) in [7, 11) is 0. The van der Waals surface area contributed by atoms with Crippen LogP contribution in [0.25, 0.3) is 0 Å². The molecule has 2 N–H and O–H groups in total. The van der Waals surface area contributed by atoms with Crippen LogP contribution >= 0.6 is 11.8 Å². The van der Waals surface area contributed by atoms with Gasteiger partial charge in [-0.1, -0.05) is 0 Å². The summed E-state index contributed by atoms with van der Waals surface area (Å²) in [6.45, 7) is 4.69. The minimum Gasteiger partial charge on any atom is -0.480 e. The van der Waals surface area contributed by atoms with E-state index in [1.807, 2.05) is 0 Å². The molecule has 0 spiro atoms. The lowest BCUT2D eigenvalue weighted by Gasteiger charge is -2.27. The van der Waals surface area contributed by atoms with Crippen LogP contribution in [0.4, 0.5) is 0 Å². The van der Waals surface area contributed by atoms with Crippen molar-refractivity contribution in [1.82, 2.24) is 10.2 Å². The number of nitrogens with zero attached hydrogens (tertiary/aromatic N) is 1. The van der Waals surface area contributed by atoms with E-state index in [9.17, 15) is 9.59 Å². The van der Waals surface area contributed by atoms with Crippen molar-refractivity contribution in [2.45, 2.75) is 12.2 Å². The van der Waals surface area contributed by atoms with Gasteiger partial charge in [0, 0.05) is 26.2 Å². The number of nitrogens with one attached hydrogen (secondary N) is 1. The van der Waals surface area contributed by atoms with Crippen LogP contribution in [-0.2, 0) is 9.59 Å². The van der Waals surface area contributed by atoms with Crippen LogP contribution in [0.3, 0.4) is 0 Å². The van der Waals surface area contributed by atoms with Gasteiger partial charge in [-0.3, -0.25) is 9.59 Å². The number of hydrogen-bond acceptors (Lipinski definition) is 4. The van der Waals surface area contributed by atoms with Gasteiger partial charge in [0.1, 0.15) is 0 Å². The molecule has 0 aliphatic carbocycles. The van der Waals surface area contributed by atoms with Gasteiger partial charge in [0.25, 0.3) is 0 Å². The summed E-state index contributed by atoms with van der Waals surface area (Å²) < 4.78 is 0. The minimum absolute atomic E-state index is 0.0367. The van der Waals surface area contributed by atoms with Crippen LogP contribution in [0.5, 0.6) is 0 Å². The Morgan fingerprint density at radius 2 is 2.07 bits per heavy atom. The van der Waals surface area contributed by atoms with Crippen molar-refractivity contribution in [2.24, 2.45) is 0 Å². The molecule has 1 fully saturated rings. The van der Waals surface area contributed by atoms with Crippen LogP contribution in [0.2, 0.25) is 0 Å². The Bertz CT molecular complexity index is 242. The molecule has 1 aliphatic rings. The predicted molar refractivity (Wildman–Crippen MR) is 59.0 cm³/mol. The Labute approximate surface area is 93.2 Å². The van der Waals surface area contributed by atoms with E-state index in [2.05, 4.69) is 5.32 Å². The van der Waals surface area contributed by atoms with Gasteiger partial charge in [0.2, 0.25) is 5.91 Å². The largest absolute Gasteiger partial charge is 0.480 e. The number of aliphatic carboxylic acids is 1. The number of piperazine rings is 1. The van der Waals surface area contributed by atoms with Gasteiger partial charge in [0.05, 0.1) is 11.0 Å². The maximum atomic E-state index is 11.6. The predicted octanol–water partition coefficient (Wildman–Crippen LogP) is -0.375. The van der Waals surface area contributed by atoms with Gasteiger partial charge < -0.3 is 15.3 Å². The number of rotatable bonds is 4. The fourth-order valence-corrected chi connectivity index (χ4v) is 1.99. The van der Waals surface area contributed by atoms with E-state index in [-0.39, 0.29) is 11.7 Å². The maximum absolute atomic E-state index is 11.6. The van der Waals surface area contributed by atoms with Gasteiger partial charge in [-0.15, -0.1) is 11.8 Å². The van der Waals surface area contributed by atoms with Gasteiger partial charge in [-0.25, -0.2) is 0 Å². The Morgan fingerprint density at radius 1 is 1.47 bits per heavy atom. The van der Waals surface area contributed by atoms with Crippen LogP contribution in [0.1, 0.15) is 6.92 Å². The van der Waals surface area contributed by atoms with Crippen molar-refractivity contribution in [2.75, 3.05) is 31.9 Å². The fraction of sp³-hybridized carbons (Fsp3) is 0.778. The molecule has 1 aliphatic heterocycles.